The predicted octanol–water partition coefficient (Wildman–Crippen LogP) is 2.32. The molecule has 0 spiro atoms. The third kappa shape index (κ3) is 3.54. The molecule has 5 heteroatoms. The number of benzene rings is 1. The van der Waals surface area contributed by atoms with Gasteiger partial charge in [0, 0.05) is 23.0 Å². The van der Waals surface area contributed by atoms with Gasteiger partial charge in [-0.3, -0.25) is 0 Å². The van der Waals surface area contributed by atoms with Crippen molar-refractivity contribution in [1.29, 1.82) is 0 Å². The number of nitrogens with zero attached hydrogens (tertiary/aromatic N) is 2. The van der Waals surface area contributed by atoms with E-state index < -0.39 is 5.97 Å². The first-order valence-electron chi connectivity index (χ1n) is 5.37. The second-order valence-corrected chi connectivity index (χ2v) is 3.98. The standard InChI is InChI=1S/C14H9ClN2O2/c1-19-14(18)11-8-16-13(17-9-11)7-4-10-2-5-12(15)6-3-10/h2-3,5-6,8-9H,1H3. The molecule has 0 unspecified atom stereocenters. The van der Waals surface area contributed by atoms with Crippen molar-refractivity contribution in [1.82, 2.24) is 9.97 Å². The lowest BCUT2D eigenvalue weighted by Gasteiger charge is -1.96. The Balaban J connectivity index is 2.16. The van der Waals surface area contributed by atoms with E-state index in [2.05, 4.69) is 26.5 Å². The molecular weight excluding hydrogens is 264 g/mol. The summed E-state index contributed by atoms with van der Waals surface area (Å²) in [6.45, 7) is 0. The van der Waals surface area contributed by atoms with Crippen LogP contribution in [0.3, 0.4) is 0 Å². The normalized spacial score (nSPS) is 9.37. The molecule has 0 N–H and O–H groups in total. The first-order chi connectivity index (χ1) is 9.19. The minimum atomic E-state index is -0.475. The Morgan fingerprint density at radius 1 is 1.16 bits per heavy atom. The molecule has 0 aliphatic rings. The highest BCUT2D eigenvalue weighted by Crippen LogP contribution is 2.08. The molecule has 1 heterocycles. The Bertz CT molecular complexity index is 640. The minimum Gasteiger partial charge on any atom is -0.465 e. The maximum atomic E-state index is 11.2. The molecule has 0 aliphatic heterocycles. The van der Waals surface area contributed by atoms with Gasteiger partial charge in [0.05, 0.1) is 12.7 Å². The van der Waals surface area contributed by atoms with Gasteiger partial charge in [-0.15, -0.1) is 0 Å². The third-order valence-electron chi connectivity index (χ3n) is 2.24. The van der Waals surface area contributed by atoms with E-state index in [1.54, 1.807) is 24.3 Å². The van der Waals surface area contributed by atoms with Crippen LogP contribution in [0.5, 0.6) is 0 Å². The molecule has 94 valence electrons. The lowest BCUT2D eigenvalue weighted by Crippen LogP contribution is -2.03. The van der Waals surface area contributed by atoms with Crippen LogP contribution < -0.4 is 0 Å². The zero-order valence-corrected chi connectivity index (χ0v) is 10.8. The van der Waals surface area contributed by atoms with Gasteiger partial charge in [0.25, 0.3) is 0 Å². The van der Waals surface area contributed by atoms with Gasteiger partial charge in [0.15, 0.2) is 0 Å². The topological polar surface area (TPSA) is 52.1 Å². The van der Waals surface area contributed by atoms with Crippen LogP contribution in [0.15, 0.2) is 36.7 Å². The summed E-state index contributed by atoms with van der Waals surface area (Å²) in [6.07, 6.45) is 2.76. The molecule has 2 rings (SSSR count). The van der Waals surface area contributed by atoms with Crippen LogP contribution >= 0.6 is 11.6 Å². The molecule has 19 heavy (non-hydrogen) atoms. The Labute approximate surface area is 115 Å². The van der Waals surface area contributed by atoms with E-state index >= 15 is 0 Å². The molecule has 1 aromatic heterocycles. The molecule has 4 nitrogen and oxygen atoms in total. The Morgan fingerprint density at radius 3 is 2.37 bits per heavy atom. The molecule has 2 aromatic rings. The Kier molecular flexibility index (Phi) is 4.11. The first-order valence-corrected chi connectivity index (χ1v) is 5.75. The second-order valence-electron chi connectivity index (χ2n) is 3.54. The summed E-state index contributed by atoms with van der Waals surface area (Å²) in [5.41, 5.74) is 1.10. The van der Waals surface area contributed by atoms with Crippen LogP contribution in [0, 0.1) is 11.8 Å². The quantitative estimate of drug-likeness (QED) is 0.590. The van der Waals surface area contributed by atoms with E-state index in [-0.39, 0.29) is 0 Å². The van der Waals surface area contributed by atoms with Crippen molar-refractivity contribution >= 4 is 17.6 Å². The number of carbonyl (C=O) groups is 1. The Morgan fingerprint density at radius 2 is 1.79 bits per heavy atom. The number of rotatable bonds is 1. The van der Waals surface area contributed by atoms with Crippen LogP contribution in [0.1, 0.15) is 21.7 Å². The highest BCUT2D eigenvalue weighted by Gasteiger charge is 2.05. The molecule has 0 saturated carbocycles. The molecule has 0 atom stereocenters. The van der Waals surface area contributed by atoms with Crippen LogP contribution in [-0.2, 0) is 4.74 Å². The minimum absolute atomic E-state index is 0.291. The fourth-order valence-electron chi connectivity index (χ4n) is 1.28. The van der Waals surface area contributed by atoms with Gasteiger partial charge in [-0.25, -0.2) is 14.8 Å². The summed E-state index contributed by atoms with van der Waals surface area (Å²) in [7, 11) is 1.30. The number of methoxy groups -OCH3 is 1. The van der Waals surface area contributed by atoms with Gasteiger partial charge >= 0.3 is 5.97 Å². The highest BCUT2D eigenvalue weighted by atomic mass is 35.5. The van der Waals surface area contributed by atoms with Crippen molar-refractivity contribution in [2.45, 2.75) is 0 Å². The van der Waals surface area contributed by atoms with E-state index in [1.807, 2.05) is 0 Å². The summed E-state index contributed by atoms with van der Waals surface area (Å²) < 4.78 is 4.55. The van der Waals surface area contributed by atoms with Gasteiger partial charge in [-0.2, -0.15) is 0 Å². The van der Waals surface area contributed by atoms with E-state index in [1.165, 1.54) is 19.5 Å². The lowest BCUT2D eigenvalue weighted by molar-refractivity contribution is 0.0599. The maximum Gasteiger partial charge on any atom is 0.341 e. The van der Waals surface area contributed by atoms with Crippen molar-refractivity contribution in [3.63, 3.8) is 0 Å². The molecule has 0 bridgehead atoms. The van der Waals surface area contributed by atoms with Crippen LogP contribution in [-0.4, -0.2) is 23.0 Å². The smallest absolute Gasteiger partial charge is 0.341 e. The van der Waals surface area contributed by atoms with Crippen LogP contribution in [0.4, 0.5) is 0 Å². The fraction of sp³-hybridized carbons (Fsp3) is 0.0714. The summed E-state index contributed by atoms with van der Waals surface area (Å²) in [5, 5.41) is 0.657. The van der Waals surface area contributed by atoms with Crippen molar-refractivity contribution in [2.75, 3.05) is 7.11 Å². The van der Waals surface area contributed by atoms with Gasteiger partial charge in [-0.1, -0.05) is 17.5 Å². The number of ether oxygens (including phenoxy) is 1. The number of halogens is 1. The van der Waals surface area contributed by atoms with Crippen LogP contribution in [0.25, 0.3) is 0 Å². The number of hydrogen-bond acceptors (Lipinski definition) is 4. The molecule has 0 fully saturated rings. The van der Waals surface area contributed by atoms with Gasteiger partial charge < -0.3 is 4.74 Å². The number of hydrogen-bond donors (Lipinski definition) is 0. The summed E-state index contributed by atoms with van der Waals surface area (Å²) >= 11 is 5.77. The highest BCUT2D eigenvalue weighted by molar-refractivity contribution is 6.30. The van der Waals surface area contributed by atoms with E-state index in [4.69, 9.17) is 11.6 Å². The summed E-state index contributed by atoms with van der Waals surface area (Å²) in [6, 6.07) is 7.12. The van der Waals surface area contributed by atoms with Crippen molar-refractivity contribution in [3.05, 3.63) is 58.6 Å². The number of esters is 1. The van der Waals surface area contributed by atoms with E-state index in [0.717, 1.165) is 5.56 Å². The van der Waals surface area contributed by atoms with Crippen molar-refractivity contribution in [3.8, 4) is 11.8 Å². The SMILES string of the molecule is COC(=O)c1cnc(C#Cc2ccc(Cl)cc2)nc1. The van der Waals surface area contributed by atoms with Crippen molar-refractivity contribution in [2.24, 2.45) is 0 Å². The van der Waals surface area contributed by atoms with Crippen molar-refractivity contribution < 1.29 is 9.53 Å². The van der Waals surface area contributed by atoms with Gasteiger partial charge in [-0.05, 0) is 30.2 Å². The molecule has 0 radical (unpaired) electrons. The average Bonchev–Trinajstić information content (AvgIpc) is 2.46. The first kappa shape index (κ1) is 13.1. The fourth-order valence-corrected chi connectivity index (χ4v) is 1.40. The molecule has 0 saturated heterocycles. The van der Waals surface area contributed by atoms with E-state index in [9.17, 15) is 4.79 Å². The number of aromatic nitrogens is 2. The molecule has 0 aliphatic carbocycles. The summed E-state index contributed by atoms with van der Waals surface area (Å²) in [5.74, 6) is 5.56. The van der Waals surface area contributed by atoms with Crippen LogP contribution in [0.2, 0.25) is 5.02 Å². The van der Waals surface area contributed by atoms with E-state index in [0.29, 0.717) is 16.4 Å². The lowest BCUT2D eigenvalue weighted by atomic mass is 10.2. The average molecular weight is 273 g/mol. The summed E-state index contributed by atoms with van der Waals surface area (Å²) in [4.78, 5) is 19.1. The van der Waals surface area contributed by atoms with Gasteiger partial charge in [0.1, 0.15) is 0 Å². The second kappa shape index (κ2) is 5.98. The largest absolute Gasteiger partial charge is 0.465 e. The predicted molar refractivity (Wildman–Crippen MR) is 70.8 cm³/mol. The molecule has 0 amide bonds. The monoisotopic (exact) mass is 272 g/mol. The molecular formula is C14H9ClN2O2. The zero-order valence-electron chi connectivity index (χ0n) is 10.1. The zero-order chi connectivity index (χ0) is 13.7. The van der Waals surface area contributed by atoms with Gasteiger partial charge in [0.2, 0.25) is 5.82 Å². The Hall–Kier alpha value is -2.38. The maximum absolute atomic E-state index is 11.2. The number of carbonyl (C=O) groups excluding carboxylic acids is 1. The molecule has 1 aromatic carbocycles. The third-order valence-corrected chi connectivity index (χ3v) is 2.49.